The van der Waals surface area contributed by atoms with Gasteiger partial charge in [0.25, 0.3) is 0 Å². The van der Waals surface area contributed by atoms with Gasteiger partial charge in [-0.2, -0.15) is 0 Å². The van der Waals surface area contributed by atoms with Gasteiger partial charge < -0.3 is 5.73 Å². The second-order valence-corrected chi connectivity index (χ2v) is 6.33. The fourth-order valence-corrected chi connectivity index (χ4v) is 3.92. The molecule has 0 aliphatic carbocycles. The zero-order chi connectivity index (χ0) is 12.3. The summed E-state index contributed by atoms with van der Waals surface area (Å²) in [7, 11) is 0. The molecule has 1 unspecified atom stereocenters. The lowest BCUT2D eigenvalue weighted by Crippen LogP contribution is -2.09. The zero-order valence-corrected chi connectivity index (χ0v) is 11.8. The molecule has 0 aliphatic rings. The molecule has 1 aromatic heterocycles. The average molecular weight is 285 g/mol. The third-order valence-corrected chi connectivity index (χ3v) is 5.00. The van der Waals surface area contributed by atoms with Crippen molar-refractivity contribution < 1.29 is 0 Å². The number of aryl methyl sites for hydroxylation is 1. The molecule has 0 fully saturated rings. The molecule has 1 atom stereocenters. The van der Waals surface area contributed by atoms with Crippen molar-refractivity contribution in [3.05, 3.63) is 45.9 Å². The summed E-state index contributed by atoms with van der Waals surface area (Å²) < 4.78 is 1.04. The molecule has 0 spiro atoms. The van der Waals surface area contributed by atoms with Gasteiger partial charge >= 0.3 is 0 Å². The minimum absolute atomic E-state index is 0.161. The van der Waals surface area contributed by atoms with Crippen LogP contribution in [0, 0.1) is 6.92 Å². The molecule has 2 aromatic rings. The van der Waals surface area contributed by atoms with E-state index in [1.54, 1.807) is 23.1 Å². The maximum absolute atomic E-state index is 6.18. The number of aromatic nitrogens is 1. The molecule has 2 N–H and O–H groups in total. The van der Waals surface area contributed by atoms with E-state index in [2.05, 4.69) is 4.98 Å². The topological polar surface area (TPSA) is 38.9 Å². The predicted octanol–water partition coefficient (Wildman–Crippen LogP) is 3.90. The van der Waals surface area contributed by atoms with Gasteiger partial charge in [0.2, 0.25) is 0 Å². The predicted molar refractivity (Wildman–Crippen MR) is 76.0 cm³/mol. The highest BCUT2D eigenvalue weighted by molar-refractivity contribution is 8.01. The summed E-state index contributed by atoms with van der Waals surface area (Å²) in [5, 5.41) is 2.97. The Hall–Kier alpha value is -0.550. The molecule has 17 heavy (non-hydrogen) atoms. The van der Waals surface area contributed by atoms with E-state index in [1.807, 2.05) is 36.6 Å². The molecule has 90 valence electrons. The summed E-state index contributed by atoms with van der Waals surface area (Å²) in [4.78, 5) is 4.44. The van der Waals surface area contributed by atoms with Crippen LogP contribution in [0.25, 0.3) is 0 Å². The number of nitrogens with zero attached hydrogens (tertiary/aromatic N) is 1. The van der Waals surface area contributed by atoms with Crippen molar-refractivity contribution in [3.8, 4) is 0 Å². The number of rotatable bonds is 4. The Morgan fingerprint density at radius 2 is 2.24 bits per heavy atom. The minimum Gasteiger partial charge on any atom is -0.329 e. The fraction of sp³-hybridized carbons (Fsp3) is 0.250. The molecule has 0 amide bonds. The van der Waals surface area contributed by atoms with Crippen LogP contribution < -0.4 is 5.73 Å². The summed E-state index contributed by atoms with van der Waals surface area (Å²) in [5.41, 5.74) is 7.95. The third-order valence-electron chi connectivity index (χ3n) is 2.31. The molecule has 0 saturated carbocycles. The maximum Gasteiger partial charge on any atom is 0.150 e. The number of thioether (sulfide) groups is 1. The molecular formula is C12H13ClN2S2. The van der Waals surface area contributed by atoms with Gasteiger partial charge in [0.15, 0.2) is 4.34 Å². The first-order valence-corrected chi connectivity index (χ1v) is 7.37. The van der Waals surface area contributed by atoms with Gasteiger partial charge in [0.05, 0.1) is 5.25 Å². The molecule has 5 heteroatoms. The summed E-state index contributed by atoms with van der Waals surface area (Å²) in [6, 6.07) is 7.83. The second-order valence-electron chi connectivity index (χ2n) is 3.62. The molecule has 1 aromatic carbocycles. The third kappa shape index (κ3) is 3.22. The summed E-state index contributed by atoms with van der Waals surface area (Å²) in [6.45, 7) is 2.54. The van der Waals surface area contributed by atoms with Crippen LogP contribution in [0.1, 0.15) is 16.5 Å². The van der Waals surface area contributed by atoms with E-state index in [0.717, 1.165) is 20.6 Å². The Morgan fingerprint density at radius 1 is 1.47 bits per heavy atom. The van der Waals surface area contributed by atoms with Gasteiger partial charge in [-0.1, -0.05) is 41.6 Å². The highest BCUT2D eigenvalue weighted by Crippen LogP contribution is 2.38. The lowest BCUT2D eigenvalue weighted by molar-refractivity contribution is 0.938. The van der Waals surface area contributed by atoms with Gasteiger partial charge in [-0.3, -0.25) is 0 Å². The van der Waals surface area contributed by atoms with E-state index in [1.165, 1.54) is 0 Å². The maximum atomic E-state index is 6.18. The summed E-state index contributed by atoms with van der Waals surface area (Å²) in [5.74, 6) is 0. The lowest BCUT2D eigenvalue weighted by atomic mass is 10.1. The molecule has 0 saturated heterocycles. The summed E-state index contributed by atoms with van der Waals surface area (Å²) in [6.07, 6.45) is 0. The zero-order valence-electron chi connectivity index (χ0n) is 9.39. The van der Waals surface area contributed by atoms with Crippen LogP contribution in [0.4, 0.5) is 0 Å². The number of thiazole rings is 1. The number of benzene rings is 1. The highest BCUT2D eigenvalue weighted by atomic mass is 35.5. The van der Waals surface area contributed by atoms with Crippen molar-refractivity contribution >= 4 is 34.7 Å². The Balaban J connectivity index is 2.20. The lowest BCUT2D eigenvalue weighted by Gasteiger charge is -2.14. The monoisotopic (exact) mass is 284 g/mol. The Labute approximate surface area is 114 Å². The van der Waals surface area contributed by atoms with E-state index < -0.39 is 0 Å². The van der Waals surface area contributed by atoms with Crippen molar-refractivity contribution in [3.63, 3.8) is 0 Å². The van der Waals surface area contributed by atoms with Gasteiger partial charge in [-0.15, -0.1) is 11.3 Å². The van der Waals surface area contributed by atoms with Crippen molar-refractivity contribution in [1.82, 2.24) is 4.98 Å². The molecule has 1 heterocycles. The van der Waals surface area contributed by atoms with E-state index >= 15 is 0 Å². The number of hydrogen-bond acceptors (Lipinski definition) is 4. The van der Waals surface area contributed by atoms with Gasteiger partial charge in [0, 0.05) is 22.6 Å². The highest BCUT2D eigenvalue weighted by Gasteiger charge is 2.15. The molecule has 2 nitrogen and oxygen atoms in total. The Bertz CT molecular complexity index is 499. The number of halogens is 1. The van der Waals surface area contributed by atoms with E-state index in [0.29, 0.717) is 6.54 Å². The Kier molecular flexibility index (Phi) is 4.45. The van der Waals surface area contributed by atoms with Crippen LogP contribution >= 0.6 is 34.7 Å². The first kappa shape index (κ1) is 12.9. The first-order chi connectivity index (χ1) is 8.20. The molecule has 0 bridgehead atoms. The largest absolute Gasteiger partial charge is 0.329 e. The number of hydrogen-bond donors (Lipinski definition) is 1. The van der Waals surface area contributed by atoms with Crippen molar-refractivity contribution in [1.29, 1.82) is 0 Å². The fourth-order valence-electron chi connectivity index (χ4n) is 1.48. The number of nitrogens with two attached hydrogens (primary N) is 1. The van der Waals surface area contributed by atoms with Crippen molar-refractivity contribution in [2.75, 3.05) is 6.54 Å². The molecular weight excluding hydrogens is 272 g/mol. The van der Waals surface area contributed by atoms with Crippen LogP contribution in [0.5, 0.6) is 0 Å². The SMILES string of the molecule is Cc1csc(SC(CN)c2ccccc2Cl)n1. The van der Waals surface area contributed by atoms with Crippen molar-refractivity contribution in [2.24, 2.45) is 5.73 Å². The minimum atomic E-state index is 0.161. The van der Waals surface area contributed by atoms with Gasteiger partial charge in [0.1, 0.15) is 0 Å². The average Bonchev–Trinajstić information content (AvgIpc) is 2.73. The Morgan fingerprint density at radius 3 is 2.82 bits per heavy atom. The van der Waals surface area contributed by atoms with Gasteiger partial charge in [-0.25, -0.2) is 4.98 Å². The second kappa shape index (κ2) is 5.87. The standard InChI is InChI=1S/C12H13ClN2S2/c1-8-7-16-12(15-8)17-11(6-14)9-4-2-3-5-10(9)13/h2-5,7,11H,6,14H2,1H3. The molecule has 0 aliphatic heterocycles. The van der Waals surface area contributed by atoms with E-state index in [-0.39, 0.29) is 5.25 Å². The summed E-state index contributed by atoms with van der Waals surface area (Å²) >= 11 is 9.51. The van der Waals surface area contributed by atoms with Crippen LogP contribution in [0.2, 0.25) is 5.02 Å². The van der Waals surface area contributed by atoms with Gasteiger partial charge in [-0.05, 0) is 18.6 Å². The molecule has 0 radical (unpaired) electrons. The quantitative estimate of drug-likeness (QED) is 0.866. The van der Waals surface area contributed by atoms with Crippen molar-refractivity contribution in [2.45, 2.75) is 16.5 Å². The van der Waals surface area contributed by atoms with E-state index in [9.17, 15) is 0 Å². The first-order valence-electron chi connectivity index (χ1n) is 5.24. The molecule has 2 rings (SSSR count). The smallest absolute Gasteiger partial charge is 0.150 e. The van der Waals surface area contributed by atoms with Crippen LogP contribution in [0.15, 0.2) is 34.0 Å². The van der Waals surface area contributed by atoms with Crippen LogP contribution in [0.3, 0.4) is 0 Å². The van der Waals surface area contributed by atoms with E-state index in [4.69, 9.17) is 17.3 Å². The van der Waals surface area contributed by atoms with Crippen LogP contribution in [-0.4, -0.2) is 11.5 Å². The van der Waals surface area contributed by atoms with Crippen LogP contribution in [-0.2, 0) is 0 Å². The normalized spacial score (nSPS) is 12.6.